The van der Waals surface area contributed by atoms with Crippen molar-refractivity contribution in [3.8, 4) is 0 Å². The average molecular weight is 188 g/mol. The Hall–Kier alpha value is -0.860. The summed E-state index contributed by atoms with van der Waals surface area (Å²) in [4.78, 5) is 0. The van der Waals surface area contributed by atoms with Gasteiger partial charge < -0.3 is 0 Å². The van der Waals surface area contributed by atoms with Crippen molar-refractivity contribution in [3.05, 3.63) is 18.0 Å². The number of hydrogen-bond acceptors (Lipinski definition) is 1. The molecule has 0 radical (unpaired) electrons. The number of halogens is 1. The number of aryl methyl sites for hydroxylation is 2. The summed E-state index contributed by atoms with van der Waals surface area (Å²) < 4.78 is 13.3. The first-order valence-corrected chi connectivity index (χ1v) is 4.89. The van der Waals surface area contributed by atoms with Crippen molar-refractivity contribution in [3.63, 3.8) is 0 Å². The van der Waals surface area contributed by atoms with Gasteiger partial charge in [-0.3, -0.25) is 4.68 Å². The first kappa shape index (κ1) is 14.7. The van der Waals surface area contributed by atoms with Crippen molar-refractivity contribution in [2.45, 2.75) is 41.2 Å². The third-order valence-electron chi connectivity index (χ3n) is 1.23. The van der Waals surface area contributed by atoms with Crippen LogP contribution in [0.2, 0.25) is 0 Å². The van der Waals surface area contributed by atoms with Gasteiger partial charge in [0.15, 0.2) is 0 Å². The van der Waals surface area contributed by atoms with Crippen LogP contribution >= 0.6 is 0 Å². The molecule has 0 aromatic carbocycles. The largest absolute Gasteiger partial charge is 0.267 e. The zero-order chi connectivity index (χ0) is 10.7. The topological polar surface area (TPSA) is 17.8 Å². The predicted molar refractivity (Wildman–Crippen MR) is 55.6 cm³/mol. The van der Waals surface area contributed by atoms with Gasteiger partial charge in [-0.15, -0.1) is 0 Å². The third-order valence-corrected chi connectivity index (χ3v) is 1.23. The Labute approximate surface area is 80.8 Å². The molecule has 0 atom stereocenters. The lowest BCUT2D eigenvalue weighted by Crippen LogP contribution is -2.02. The van der Waals surface area contributed by atoms with Gasteiger partial charge in [-0.25, -0.2) is 4.39 Å². The zero-order valence-corrected chi connectivity index (χ0v) is 9.34. The Morgan fingerprint density at radius 2 is 1.85 bits per heavy atom. The van der Waals surface area contributed by atoms with E-state index in [9.17, 15) is 4.39 Å². The van der Waals surface area contributed by atoms with Crippen LogP contribution in [0.25, 0.3) is 0 Å². The maximum Gasteiger partial charge on any atom is 0.109 e. The fraction of sp³-hybridized carbons (Fsp3) is 0.700. The summed E-state index contributed by atoms with van der Waals surface area (Å²) in [5.41, 5.74) is 1.01. The van der Waals surface area contributed by atoms with E-state index in [0.717, 1.165) is 5.69 Å². The van der Waals surface area contributed by atoms with E-state index in [2.05, 4.69) is 5.10 Å². The minimum absolute atomic E-state index is 0.345. The number of hydrogen-bond donors (Lipinski definition) is 0. The van der Waals surface area contributed by atoms with Gasteiger partial charge in [-0.05, 0) is 13.0 Å². The van der Waals surface area contributed by atoms with Crippen molar-refractivity contribution < 1.29 is 4.39 Å². The Kier molecular flexibility index (Phi) is 12.6. The van der Waals surface area contributed by atoms with Crippen molar-refractivity contribution in [1.29, 1.82) is 0 Å². The van der Waals surface area contributed by atoms with Crippen molar-refractivity contribution in [2.24, 2.45) is 0 Å². The molecule has 0 spiro atoms. The molecular weight excluding hydrogens is 167 g/mol. The van der Waals surface area contributed by atoms with Crippen molar-refractivity contribution >= 4 is 0 Å². The first-order chi connectivity index (χ1) is 6.34. The molecule has 0 aliphatic heterocycles. The minimum atomic E-state index is -0.345. The fourth-order valence-electron chi connectivity index (χ4n) is 0.713. The van der Waals surface area contributed by atoms with Crippen molar-refractivity contribution in [2.75, 3.05) is 6.67 Å². The highest BCUT2D eigenvalue weighted by molar-refractivity contribution is 4.96. The molecule has 0 aliphatic rings. The number of nitrogens with zero attached hydrogens (tertiary/aromatic N) is 2. The predicted octanol–water partition coefficient (Wildman–Crippen LogP) is 3.21. The van der Waals surface area contributed by atoms with E-state index >= 15 is 0 Å². The smallest absolute Gasteiger partial charge is 0.109 e. The minimum Gasteiger partial charge on any atom is -0.267 e. The molecule has 0 fully saturated rings. The summed E-state index contributed by atoms with van der Waals surface area (Å²) in [6, 6.07) is 1.86. The lowest BCUT2D eigenvalue weighted by atomic mass is 10.5. The van der Waals surface area contributed by atoms with E-state index in [1.807, 2.05) is 40.7 Å². The molecule has 0 saturated carbocycles. The molecular formula is C10H21FN2. The van der Waals surface area contributed by atoms with Gasteiger partial charge in [0.2, 0.25) is 0 Å². The molecule has 0 saturated heterocycles. The summed E-state index contributed by atoms with van der Waals surface area (Å²) in [7, 11) is 0. The standard InChI is InChI=1S/C6H9FN2.2C2H6/c1-6-2-4-8-9(6)5-3-7;2*1-2/h2,4H,3,5H2,1H3;2*1-2H3. The number of aromatic nitrogens is 2. The average Bonchev–Trinajstić information content (AvgIpc) is 2.60. The summed E-state index contributed by atoms with van der Waals surface area (Å²) in [6.07, 6.45) is 1.67. The van der Waals surface area contributed by atoms with E-state index in [1.54, 1.807) is 10.9 Å². The van der Waals surface area contributed by atoms with Gasteiger partial charge in [-0.1, -0.05) is 27.7 Å². The molecule has 1 aromatic heterocycles. The Morgan fingerprint density at radius 3 is 2.15 bits per heavy atom. The van der Waals surface area contributed by atoms with E-state index in [0.29, 0.717) is 6.54 Å². The van der Waals surface area contributed by atoms with Crippen LogP contribution in [-0.2, 0) is 6.54 Å². The first-order valence-electron chi connectivity index (χ1n) is 4.89. The van der Waals surface area contributed by atoms with Crippen LogP contribution in [-0.4, -0.2) is 16.5 Å². The van der Waals surface area contributed by atoms with Crippen LogP contribution in [0.1, 0.15) is 33.4 Å². The van der Waals surface area contributed by atoms with Gasteiger partial charge in [0.05, 0.1) is 6.54 Å². The highest BCUT2D eigenvalue weighted by Gasteiger charge is 1.92. The van der Waals surface area contributed by atoms with Gasteiger partial charge >= 0.3 is 0 Å². The molecule has 78 valence electrons. The van der Waals surface area contributed by atoms with E-state index in [1.165, 1.54) is 0 Å². The second-order valence-corrected chi connectivity index (χ2v) is 1.88. The van der Waals surface area contributed by atoms with E-state index in [-0.39, 0.29) is 6.67 Å². The summed E-state index contributed by atoms with van der Waals surface area (Å²) in [6.45, 7) is 9.93. The van der Waals surface area contributed by atoms with Crippen LogP contribution in [0, 0.1) is 6.92 Å². The molecule has 0 bridgehead atoms. The van der Waals surface area contributed by atoms with Crippen molar-refractivity contribution in [1.82, 2.24) is 9.78 Å². The highest BCUT2D eigenvalue weighted by atomic mass is 19.1. The zero-order valence-electron chi connectivity index (χ0n) is 9.34. The second-order valence-electron chi connectivity index (χ2n) is 1.88. The quantitative estimate of drug-likeness (QED) is 0.696. The SMILES string of the molecule is CC.CC.Cc1ccnn1CCF. The molecule has 1 rings (SSSR count). The van der Waals surface area contributed by atoms with E-state index in [4.69, 9.17) is 0 Å². The molecule has 2 nitrogen and oxygen atoms in total. The normalized spacial score (nSPS) is 7.85. The fourth-order valence-corrected chi connectivity index (χ4v) is 0.713. The molecule has 1 aromatic rings. The summed E-state index contributed by atoms with van der Waals surface area (Å²) in [5, 5.41) is 3.88. The molecule has 0 N–H and O–H groups in total. The number of alkyl halides is 1. The van der Waals surface area contributed by atoms with Gasteiger partial charge in [0.25, 0.3) is 0 Å². The monoisotopic (exact) mass is 188 g/mol. The maximum absolute atomic E-state index is 11.7. The molecule has 0 amide bonds. The molecule has 13 heavy (non-hydrogen) atoms. The lowest BCUT2D eigenvalue weighted by Gasteiger charge is -1.97. The van der Waals surface area contributed by atoms with Crippen LogP contribution < -0.4 is 0 Å². The highest BCUT2D eigenvalue weighted by Crippen LogP contribution is 1.94. The maximum atomic E-state index is 11.7. The molecule has 1 heterocycles. The Balaban J connectivity index is 0. The van der Waals surface area contributed by atoms with Gasteiger partial charge in [-0.2, -0.15) is 5.10 Å². The van der Waals surface area contributed by atoms with Gasteiger partial charge in [0, 0.05) is 11.9 Å². The molecule has 0 aliphatic carbocycles. The van der Waals surface area contributed by atoms with Crippen LogP contribution in [0.4, 0.5) is 4.39 Å². The van der Waals surface area contributed by atoms with Gasteiger partial charge in [0.1, 0.15) is 6.67 Å². The van der Waals surface area contributed by atoms with E-state index < -0.39 is 0 Å². The second kappa shape index (κ2) is 11.1. The van der Waals surface area contributed by atoms with Crippen LogP contribution in [0.3, 0.4) is 0 Å². The molecule has 0 unspecified atom stereocenters. The Morgan fingerprint density at radius 1 is 1.31 bits per heavy atom. The Bertz CT molecular complexity index is 185. The summed E-state index contributed by atoms with van der Waals surface area (Å²) in [5.74, 6) is 0. The third kappa shape index (κ3) is 6.31. The number of rotatable bonds is 2. The molecule has 3 heteroatoms. The summed E-state index contributed by atoms with van der Waals surface area (Å²) >= 11 is 0. The lowest BCUT2D eigenvalue weighted by molar-refractivity contribution is 0.423. The van der Waals surface area contributed by atoms with Crippen LogP contribution in [0.5, 0.6) is 0 Å². The van der Waals surface area contributed by atoms with Crippen LogP contribution in [0.15, 0.2) is 12.3 Å².